The molecule has 0 radical (unpaired) electrons. The third-order valence-electron chi connectivity index (χ3n) is 4.50. The number of hydrogen-bond acceptors (Lipinski definition) is 4. The zero-order valence-corrected chi connectivity index (χ0v) is 14.8. The first-order chi connectivity index (χ1) is 12.7. The number of likely N-dealkylation sites (tertiary alicyclic amines) is 1. The Morgan fingerprint density at radius 3 is 2.46 bits per heavy atom. The van der Waals surface area contributed by atoms with Crippen LogP contribution in [0.5, 0.6) is 0 Å². The van der Waals surface area contributed by atoms with Crippen LogP contribution in [0.3, 0.4) is 0 Å². The van der Waals surface area contributed by atoms with Crippen molar-refractivity contribution in [3.05, 3.63) is 66.2 Å². The Bertz CT molecular complexity index is 719. The van der Waals surface area contributed by atoms with E-state index in [0.29, 0.717) is 6.42 Å². The van der Waals surface area contributed by atoms with Gasteiger partial charge in [-0.2, -0.15) is 0 Å². The SMILES string of the molecule is O=C(Nc1ccccc1)OC1CCN(CCCC(=O)c2ccccc2)C1. The van der Waals surface area contributed by atoms with E-state index >= 15 is 0 Å². The van der Waals surface area contributed by atoms with Gasteiger partial charge in [-0.25, -0.2) is 4.79 Å². The Hall–Kier alpha value is -2.66. The van der Waals surface area contributed by atoms with Crippen LogP contribution >= 0.6 is 0 Å². The minimum atomic E-state index is -0.415. The molecule has 5 heteroatoms. The number of ether oxygens (including phenoxy) is 1. The lowest BCUT2D eigenvalue weighted by Gasteiger charge is -2.16. The Balaban J connectivity index is 1.35. The van der Waals surface area contributed by atoms with E-state index in [9.17, 15) is 9.59 Å². The Kier molecular flexibility index (Phi) is 6.39. The van der Waals surface area contributed by atoms with Crippen molar-refractivity contribution in [3.63, 3.8) is 0 Å². The normalized spacial score (nSPS) is 17.0. The minimum absolute atomic E-state index is 0.0939. The molecule has 136 valence electrons. The van der Waals surface area contributed by atoms with Gasteiger partial charge in [-0.05, 0) is 31.5 Å². The molecule has 1 amide bonds. The minimum Gasteiger partial charge on any atom is -0.445 e. The lowest BCUT2D eigenvalue weighted by Crippen LogP contribution is -2.27. The van der Waals surface area contributed by atoms with Crippen LogP contribution < -0.4 is 5.32 Å². The highest BCUT2D eigenvalue weighted by atomic mass is 16.6. The van der Waals surface area contributed by atoms with E-state index in [1.807, 2.05) is 60.7 Å². The highest BCUT2D eigenvalue weighted by molar-refractivity contribution is 5.95. The standard InChI is InChI=1S/C21H24N2O3/c24-20(17-8-3-1-4-9-17)12-7-14-23-15-13-19(16-23)26-21(25)22-18-10-5-2-6-11-18/h1-6,8-11,19H,7,12-16H2,(H,22,25). The summed E-state index contributed by atoms with van der Waals surface area (Å²) >= 11 is 0. The van der Waals surface area contributed by atoms with Crippen molar-refractivity contribution in [2.24, 2.45) is 0 Å². The number of Topliss-reactive ketones (excluding diaryl/α,β-unsaturated/α-hetero) is 1. The summed E-state index contributed by atoms with van der Waals surface area (Å²) in [6.07, 6.45) is 1.68. The summed E-state index contributed by atoms with van der Waals surface area (Å²) in [5.74, 6) is 0.180. The molecule has 0 bridgehead atoms. The van der Waals surface area contributed by atoms with Crippen molar-refractivity contribution in [3.8, 4) is 0 Å². The number of nitrogens with one attached hydrogen (secondary N) is 1. The van der Waals surface area contributed by atoms with Gasteiger partial charge in [-0.1, -0.05) is 48.5 Å². The van der Waals surface area contributed by atoms with Crippen LogP contribution in [0.1, 0.15) is 29.6 Å². The average molecular weight is 352 g/mol. The molecule has 5 nitrogen and oxygen atoms in total. The van der Waals surface area contributed by atoms with Gasteiger partial charge in [0.15, 0.2) is 5.78 Å². The number of anilines is 1. The molecule has 1 N–H and O–H groups in total. The second kappa shape index (κ2) is 9.15. The molecule has 1 aliphatic rings. The third kappa shape index (κ3) is 5.43. The van der Waals surface area contributed by atoms with Crippen LogP contribution in [0.25, 0.3) is 0 Å². The maximum absolute atomic E-state index is 12.1. The van der Waals surface area contributed by atoms with Gasteiger partial charge in [0, 0.05) is 30.8 Å². The first-order valence-corrected chi connectivity index (χ1v) is 9.04. The molecule has 3 rings (SSSR count). The topological polar surface area (TPSA) is 58.6 Å². The summed E-state index contributed by atoms with van der Waals surface area (Å²) in [6, 6.07) is 18.7. The highest BCUT2D eigenvalue weighted by Gasteiger charge is 2.25. The molecule has 1 heterocycles. The molecule has 2 aromatic carbocycles. The van der Waals surface area contributed by atoms with Crippen LogP contribution in [0.2, 0.25) is 0 Å². The molecular weight excluding hydrogens is 328 g/mol. The first kappa shape index (κ1) is 18.1. The fourth-order valence-corrected chi connectivity index (χ4v) is 3.15. The summed E-state index contributed by atoms with van der Waals surface area (Å²) in [6.45, 7) is 2.46. The van der Waals surface area contributed by atoms with Gasteiger partial charge in [-0.15, -0.1) is 0 Å². The quantitative estimate of drug-likeness (QED) is 0.766. The largest absolute Gasteiger partial charge is 0.445 e. The third-order valence-corrected chi connectivity index (χ3v) is 4.50. The summed E-state index contributed by atoms with van der Waals surface area (Å²) < 4.78 is 5.48. The molecule has 26 heavy (non-hydrogen) atoms. The van der Waals surface area contributed by atoms with E-state index in [4.69, 9.17) is 4.74 Å². The molecule has 0 aliphatic carbocycles. The predicted octanol–water partition coefficient (Wildman–Crippen LogP) is 3.97. The number of hydrogen-bond donors (Lipinski definition) is 1. The maximum Gasteiger partial charge on any atom is 0.411 e. The van der Waals surface area contributed by atoms with Crippen LogP contribution in [0, 0.1) is 0 Å². The summed E-state index contributed by atoms with van der Waals surface area (Å²) in [5.41, 5.74) is 1.50. The number of rotatable bonds is 7. The first-order valence-electron chi connectivity index (χ1n) is 9.04. The van der Waals surface area contributed by atoms with Gasteiger partial charge < -0.3 is 4.74 Å². The van der Waals surface area contributed by atoms with Crippen molar-refractivity contribution in [2.45, 2.75) is 25.4 Å². The molecule has 0 spiro atoms. The number of ketones is 1. The fourth-order valence-electron chi connectivity index (χ4n) is 3.15. The Morgan fingerprint density at radius 2 is 1.73 bits per heavy atom. The van der Waals surface area contributed by atoms with Gasteiger partial charge in [0.1, 0.15) is 6.10 Å². The van der Waals surface area contributed by atoms with Crippen molar-refractivity contribution in [1.29, 1.82) is 0 Å². The van der Waals surface area contributed by atoms with E-state index in [2.05, 4.69) is 10.2 Å². The molecule has 0 saturated carbocycles. The van der Waals surface area contributed by atoms with E-state index in [-0.39, 0.29) is 11.9 Å². The number of carbonyl (C=O) groups is 2. The number of para-hydroxylation sites is 1. The Labute approximate surface area is 154 Å². The average Bonchev–Trinajstić information content (AvgIpc) is 3.10. The van der Waals surface area contributed by atoms with Crippen LogP contribution in [0.15, 0.2) is 60.7 Å². The molecular formula is C21H24N2O3. The van der Waals surface area contributed by atoms with Gasteiger partial charge in [0.25, 0.3) is 0 Å². The lowest BCUT2D eigenvalue weighted by molar-refractivity contribution is 0.0974. The predicted molar refractivity (Wildman–Crippen MR) is 101 cm³/mol. The van der Waals surface area contributed by atoms with Crippen LogP contribution in [-0.4, -0.2) is 42.5 Å². The maximum atomic E-state index is 12.1. The molecule has 0 aromatic heterocycles. The second-order valence-corrected chi connectivity index (χ2v) is 6.50. The molecule has 1 aliphatic heterocycles. The van der Waals surface area contributed by atoms with E-state index in [1.165, 1.54) is 0 Å². The monoisotopic (exact) mass is 352 g/mol. The fraction of sp³-hybridized carbons (Fsp3) is 0.333. The second-order valence-electron chi connectivity index (χ2n) is 6.50. The van der Waals surface area contributed by atoms with E-state index in [1.54, 1.807) is 0 Å². The van der Waals surface area contributed by atoms with Gasteiger partial charge >= 0.3 is 6.09 Å². The zero-order chi connectivity index (χ0) is 18.2. The van der Waals surface area contributed by atoms with Crippen molar-refractivity contribution in [2.75, 3.05) is 25.0 Å². The van der Waals surface area contributed by atoms with E-state index < -0.39 is 6.09 Å². The Morgan fingerprint density at radius 1 is 1.04 bits per heavy atom. The van der Waals surface area contributed by atoms with Crippen molar-refractivity contribution >= 4 is 17.6 Å². The number of nitrogens with zero attached hydrogens (tertiary/aromatic N) is 1. The lowest BCUT2D eigenvalue weighted by atomic mass is 10.1. The van der Waals surface area contributed by atoms with Crippen LogP contribution in [0.4, 0.5) is 10.5 Å². The zero-order valence-electron chi connectivity index (χ0n) is 14.8. The number of amides is 1. The number of benzene rings is 2. The van der Waals surface area contributed by atoms with Gasteiger partial charge in [0.2, 0.25) is 0 Å². The molecule has 1 unspecified atom stereocenters. The smallest absolute Gasteiger partial charge is 0.411 e. The summed E-state index contributed by atoms with van der Waals surface area (Å²) in [7, 11) is 0. The van der Waals surface area contributed by atoms with Crippen LogP contribution in [-0.2, 0) is 4.74 Å². The summed E-state index contributed by atoms with van der Waals surface area (Å²) in [5, 5.41) is 2.74. The molecule has 1 fully saturated rings. The van der Waals surface area contributed by atoms with Gasteiger partial charge in [0.05, 0.1) is 0 Å². The molecule has 1 saturated heterocycles. The van der Waals surface area contributed by atoms with E-state index in [0.717, 1.165) is 43.7 Å². The van der Waals surface area contributed by atoms with Crippen molar-refractivity contribution < 1.29 is 14.3 Å². The molecule has 2 aromatic rings. The van der Waals surface area contributed by atoms with Crippen molar-refractivity contribution in [1.82, 2.24) is 4.90 Å². The van der Waals surface area contributed by atoms with Gasteiger partial charge in [-0.3, -0.25) is 15.0 Å². The highest BCUT2D eigenvalue weighted by Crippen LogP contribution is 2.15. The summed E-state index contributed by atoms with van der Waals surface area (Å²) in [4.78, 5) is 26.3. The number of carbonyl (C=O) groups excluding carboxylic acids is 2. The molecule has 1 atom stereocenters.